The van der Waals surface area contributed by atoms with Gasteiger partial charge in [0.25, 0.3) is 5.91 Å². The summed E-state index contributed by atoms with van der Waals surface area (Å²) in [4.78, 5) is 13.3. The van der Waals surface area contributed by atoms with E-state index in [1.54, 1.807) is 0 Å². The third-order valence-corrected chi connectivity index (χ3v) is 4.30. The number of nitrogen functional groups attached to an aromatic ring is 1. The Morgan fingerprint density at radius 2 is 2.10 bits per heavy atom. The lowest BCUT2D eigenvalue weighted by Gasteiger charge is -2.04. The molecule has 0 aliphatic carbocycles. The van der Waals surface area contributed by atoms with Crippen LogP contribution >= 0.6 is 11.3 Å². The molecule has 2 aromatic heterocycles. The van der Waals surface area contributed by atoms with E-state index in [1.165, 1.54) is 11.3 Å². The van der Waals surface area contributed by atoms with Crippen LogP contribution in [0.25, 0.3) is 10.2 Å². The second-order valence-corrected chi connectivity index (χ2v) is 5.62. The van der Waals surface area contributed by atoms with E-state index in [1.807, 2.05) is 13.8 Å². The molecule has 0 saturated heterocycles. The molecule has 0 saturated carbocycles. The summed E-state index contributed by atoms with van der Waals surface area (Å²) < 4.78 is 0. The lowest BCUT2D eigenvalue weighted by molar-refractivity contribution is 0.0957. The van der Waals surface area contributed by atoms with E-state index in [0.29, 0.717) is 28.4 Å². The maximum Gasteiger partial charge on any atom is 0.263 e. The van der Waals surface area contributed by atoms with Crippen LogP contribution in [-0.2, 0) is 0 Å². The van der Waals surface area contributed by atoms with E-state index in [0.717, 1.165) is 23.1 Å². The van der Waals surface area contributed by atoms with Crippen LogP contribution in [0.2, 0.25) is 0 Å². The third kappa shape index (κ3) is 2.73. The average Bonchev–Trinajstić information content (AvgIpc) is 2.77. The SMILES string of the molecule is Cc1nnc2sc(C(=O)NCCCCO)c(N)c2c1C. The Balaban J connectivity index is 2.25. The van der Waals surface area contributed by atoms with Gasteiger partial charge in [-0.15, -0.1) is 16.4 Å². The van der Waals surface area contributed by atoms with Crippen LogP contribution in [0, 0.1) is 13.8 Å². The first-order valence-corrected chi connectivity index (χ1v) is 7.28. The summed E-state index contributed by atoms with van der Waals surface area (Å²) in [5.41, 5.74) is 8.33. The number of hydrogen-bond acceptors (Lipinski definition) is 6. The molecular formula is C13H18N4O2S. The van der Waals surface area contributed by atoms with Gasteiger partial charge in [-0.25, -0.2) is 0 Å². The van der Waals surface area contributed by atoms with Gasteiger partial charge in [0.2, 0.25) is 0 Å². The predicted molar refractivity (Wildman–Crippen MR) is 80.0 cm³/mol. The number of aliphatic hydroxyl groups is 1. The molecule has 2 rings (SSSR count). The molecule has 2 heterocycles. The molecule has 0 aliphatic heterocycles. The fourth-order valence-electron chi connectivity index (χ4n) is 1.93. The number of aromatic nitrogens is 2. The molecule has 1 amide bonds. The molecule has 0 aromatic carbocycles. The Labute approximate surface area is 121 Å². The zero-order valence-corrected chi connectivity index (χ0v) is 12.4. The van der Waals surface area contributed by atoms with Crippen molar-refractivity contribution >= 4 is 33.1 Å². The van der Waals surface area contributed by atoms with Crippen LogP contribution in [0.1, 0.15) is 33.8 Å². The fraction of sp³-hybridized carbons (Fsp3) is 0.462. The van der Waals surface area contributed by atoms with Gasteiger partial charge in [-0.05, 0) is 32.3 Å². The van der Waals surface area contributed by atoms with Gasteiger partial charge in [0.15, 0.2) is 0 Å². The largest absolute Gasteiger partial charge is 0.397 e. The number of fused-ring (bicyclic) bond motifs is 1. The van der Waals surface area contributed by atoms with Gasteiger partial charge in [-0.1, -0.05) is 0 Å². The Morgan fingerprint density at radius 1 is 1.35 bits per heavy atom. The molecule has 6 nitrogen and oxygen atoms in total. The number of thiophene rings is 1. The van der Waals surface area contributed by atoms with Crippen molar-refractivity contribution < 1.29 is 9.90 Å². The number of aryl methyl sites for hydroxylation is 2. The van der Waals surface area contributed by atoms with E-state index in [2.05, 4.69) is 15.5 Å². The number of anilines is 1. The first-order valence-electron chi connectivity index (χ1n) is 6.47. The van der Waals surface area contributed by atoms with Crippen molar-refractivity contribution in [2.24, 2.45) is 0 Å². The van der Waals surface area contributed by atoms with E-state index in [-0.39, 0.29) is 12.5 Å². The van der Waals surface area contributed by atoms with E-state index in [9.17, 15) is 4.79 Å². The molecular weight excluding hydrogens is 276 g/mol. The molecule has 0 radical (unpaired) electrons. The molecule has 0 fully saturated rings. The standard InChI is InChI=1S/C13H18N4O2S/c1-7-8(2)16-17-13-9(7)10(14)11(20-13)12(19)15-5-3-4-6-18/h18H,3-6,14H2,1-2H3,(H,15,19). The predicted octanol–water partition coefficient (Wildman–Crippen LogP) is 1.39. The van der Waals surface area contributed by atoms with Gasteiger partial charge in [-0.2, -0.15) is 5.10 Å². The second-order valence-electron chi connectivity index (χ2n) is 4.62. The molecule has 7 heteroatoms. The highest BCUT2D eigenvalue weighted by Crippen LogP contribution is 2.34. The van der Waals surface area contributed by atoms with Crippen molar-refractivity contribution in [3.8, 4) is 0 Å². The first-order chi connectivity index (χ1) is 9.56. The molecule has 0 aliphatic rings. The van der Waals surface area contributed by atoms with Gasteiger partial charge in [0, 0.05) is 18.5 Å². The Hall–Kier alpha value is -1.73. The lowest BCUT2D eigenvalue weighted by atomic mass is 10.1. The summed E-state index contributed by atoms with van der Waals surface area (Å²) in [6.07, 6.45) is 1.41. The van der Waals surface area contributed by atoms with Gasteiger partial charge in [0.05, 0.1) is 11.4 Å². The minimum Gasteiger partial charge on any atom is -0.397 e. The molecule has 0 bridgehead atoms. The minimum absolute atomic E-state index is 0.134. The number of unbranched alkanes of at least 4 members (excludes halogenated alkanes) is 1. The smallest absolute Gasteiger partial charge is 0.263 e. The van der Waals surface area contributed by atoms with E-state index >= 15 is 0 Å². The molecule has 4 N–H and O–H groups in total. The number of aliphatic hydroxyl groups excluding tert-OH is 1. The highest BCUT2D eigenvalue weighted by molar-refractivity contribution is 7.21. The molecule has 0 spiro atoms. The number of rotatable bonds is 5. The molecule has 108 valence electrons. The van der Waals surface area contributed by atoms with Crippen LogP contribution < -0.4 is 11.1 Å². The molecule has 2 aromatic rings. The number of carbonyl (C=O) groups is 1. The summed E-state index contributed by atoms with van der Waals surface area (Å²) in [5, 5.41) is 20.5. The number of nitrogens with two attached hydrogens (primary N) is 1. The number of nitrogens with zero attached hydrogens (tertiary/aromatic N) is 2. The zero-order chi connectivity index (χ0) is 14.7. The Bertz CT molecular complexity index is 639. The summed E-state index contributed by atoms with van der Waals surface area (Å²) in [7, 11) is 0. The van der Waals surface area contributed by atoms with Crippen molar-refractivity contribution in [1.29, 1.82) is 0 Å². The average molecular weight is 294 g/mol. The molecule has 0 unspecified atom stereocenters. The number of hydrogen-bond donors (Lipinski definition) is 3. The van der Waals surface area contributed by atoms with Crippen LogP contribution in [0.4, 0.5) is 5.69 Å². The van der Waals surface area contributed by atoms with Gasteiger partial charge in [0.1, 0.15) is 9.71 Å². The van der Waals surface area contributed by atoms with Crippen molar-refractivity contribution in [3.63, 3.8) is 0 Å². The summed E-state index contributed by atoms with van der Waals surface area (Å²) in [6, 6.07) is 0. The molecule has 20 heavy (non-hydrogen) atoms. The van der Waals surface area contributed by atoms with Crippen molar-refractivity contribution in [2.45, 2.75) is 26.7 Å². The minimum atomic E-state index is -0.194. The maximum atomic E-state index is 12.1. The lowest BCUT2D eigenvalue weighted by Crippen LogP contribution is -2.24. The molecule has 0 atom stereocenters. The summed E-state index contributed by atoms with van der Waals surface area (Å²) in [5.74, 6) is -0.194. The van der Waals surface area contributed by atoms with Crippen LogP contribution in [0.15, 0.2) is 0 Å². The monoisotopic (exact) mass is 294 g/mol. The van der Waals surface area contributed by atoms with Crippen LogP contribution in [-0.4, -0.2) is 34.4 Å². The maximum absolute atomic E-state index is 12.1. The van der Waals surface area contributed by atoms with E-state index < -0.39 is 0 Å². The van der Waals surface area contributed by atoms with Crippen molar-refractivity contribution in [3.05, 3.63) is 16.1 Å². The summed E-state index contributed by atoms with van der Waals surface area (Å²) >= 11 is 1.26. The first kappa shape index (κ1) is 14.7. The van der Waals surface area contributed by atoms with Gasteiger partial charge >= 0.3 is 0 Å². The topological polar surface area (TPSA) is 101 Å². The van der Waals surface area contributed by atoms with Gasteiger partial charge in [-0.3, -0.25) is 4.79 Å². The zero-order valence-electron chi connectivity index (χ0n) is 11.6. The number of nitrogens with one attached hydrogen (secondary N) is 1. The van der Waals surface area contributed by atoms with Crippen LogP contribution in [0.5, 0.6) is 0 Å². The fourth-order valence-corrected chi connectivity index (χ4v) is 2.95. The highest BCUT2D eigenvalue weighted by atomic mass is 32.1. The highest BCUT2D eigenvalue weighted by Gasteiger charge is 2.19. The normalized spacial score (nSPS) is 10.9. The quantitative estimate of drug-likeness (QED) is 0.723. The number of amides is 1. The van der Waals surface area contributed by atoms with E-state index in [4.69, 9.17) is 10.8 Å². The Kier molecular flexibility index (Phi) is 4.51. The van der Waals surface area contributed by atoms with Crippen molar-refractivity contribution in [1.82, 2.24) is 15.5 Å². The van der Waals surface area contributed by atoms with Crippen LogP contribution in [0.3, 0.4) is 0 Å². The summed E-state index contributed by atoms with van der Waals surface area (Å²) in [6.45, 7) is 4.46. The van der Waals surface area contributed by atoms with Crippen molar-refractivity contribution in [2.75, 3.05) is 18.9 Å². The third-order valence-electron chi connectivity index (χ3n) is 3.21. The Morgan fingerprint density at radius 3 is 2.80 bits per heavy atom. The van der Waals surface area contributed by atoms with Gasteiger partial charge < -0.3 is 16.2 Å². The number of carbonyl (C=O) groups excluding carboxylic acids is 1. The second kappa shape index (κ2) is 6.15.